The van der Waals surface area contributed by atoms with Crippen molar-refractivity contribution < 1.29 is 4.79 Å². The van der Waals surface area contributed by atoms with Gasteiger partial charge in [-0.15, -0.1) is 36.2 Å². The molecule has 2 saturated carbocycles. The van der Waals surface area contributed by atoms with Crippen molar-refractivity contribution in [3.8, 4) is 0 Å². The second-order valence-electron chi connectivity index (χ2n) is 5.99. The van der Waals surface area contributed by atoms with Crippen LogP contribution in [0.4, 0.5) is 0 Å². The van der Waals surface area contributed by atoms with Gasteiger partial charge in [0.05, 0.1) is 5.54 Å². The summed E-state index contributed by atoms with van der Waals surface area (Å²) in [5, 5.41) is 6.41. The molecule has 0 aliphatic heterocycles. The van der Waals surface area contributed by atoms with Crippen LogP contribution in [0.5, 0.6) is 0 Å². The number of nitrogens with one attached hydrogen (secondary N) is 1. The standard InChI is InChI=1S/C14H21N3OS.2ClH/c1-9-8-19-13(16-9)14(5-2-6-14)17-12(18)10-3-4-11(15)7-10;;/h8,10-11H,2-7,15H2,1H3,(H,17,18);2*1H. The van der Waals surface area contributed by atoms with E-state index in [0.717, 1.165) is 42.8 Å². The number of nitrogens with zero attached hydrogens (tertiary/aromatic N) is 1. The van der Waals surface area contributed by atoms with Gasteiger partial charge in [-0.3, -0.25) is 4.79 Å². The Labute approximate surface area is 142 Å². The Balaban J connectivity index is 0.00000110. The first kappa shape index (κ1) is 18.7. The maximum atomic E-state index is 12.4. The molecule has 2 aliphatic carbocycles. The number of carbonyl (C=O) groups excluding carboxylic acids is 1. The number of thiazole rings is 1. The quantitative estimate of drug-likeness (QED) is 0.879. The maximum Gasteiger partial charge on any atom is 0.223 e. The second kappa shape index (κ2) is 7.27. The number of hydrogen-bond acceptors (Lipinski definition) is 4. The van der Waals surface area contributed by atoms with Crippen molar-refractivity contribution in [1.29, 1.82) is 0 Å². The van der Waals surface area contributed by atoms with Gasteiger partial charge in [-0.1, -0.05) is 0 Å². The third-order valence-corrected chi connectivity index (χ3v) is 5.61. The molecule has 21 heavy (non-hydrogen) atoms. The van der Waals surface area contributed by atoms with E-state index in [0.29, 0.717) is 0 Å². The number of rotatable bonds is 3. The van der Waals surface area contributed by atoms with Gasteiger partial charge in [0.25, 0.3) is 0 Å². The molecule has 7 heteroatoms. The zero-order valence-corrected chi connectivity index (χ0v) is 14.6. The summed E-state index contributed by atoms with van der Waals surface area (Å²) in [4.78, 5) is 17.0. The fraction of sp³-hybridized carbons (Fsp3) is 0.714. The van der Waals surface area contributed by atoms with Crippen LogP contribution >= 0.6 is 36.2 Å². The van der Waals surface area contributed by atoms with Gasteiger partial charge in [-0.05, 0) is 45.4 Å². The predicted octanol–water partition coefficient (Wildman–Crippen LogP) is 2.92. The number of nitrogens with two attached hydrogens (primary N) is 1. The van der Waals surface area contributed by atoms with Gasteiger partial charge < -0.3 is 11.1 Å². The van der Waals surface area contributed by atoms with Crippen molar-refractivity contribution in [1.82, 2.24) is 10.3 Å². The highest BCUT2D eigenvalue weighted by Crippen LogP contribution is 2.43. The lowest BCUT2D eigenvalue weighted by Crippen LogP contribution is -2.52. The van der Waals surface area contributed by atoms with Crippen LogP contribution in [0.2, 0.25) is 0 Å². The molecule has 1 heterocycles. The number of halogens is 2. The van der Waals surface area contributed by atoms with Crippen molar-refractivity contribution in [3.05, 3.63) is 16.1 Å². The van der Waals surface area contributed by atoms with Crippen molar-refractivity contribution >= 4 is 42.1 Å². The lowest BCUT2D eigenvalue weighted by Gasteiger charge is -2.41. The molecule has 1 aromatic heterocycles. The number of aryl methyl sites for hydroxylation is 1. The second-order valence-corrected chi connectivity index (χ2v) is 6.85. The molecular weight excluding hydrogens is 329 g/mol. The average molecular weight is 352 g/mol. The van der Waals surface area contributed by atoms with Gasteiger partial charge in [0, 0.05) is 23.0 Å². The van der Waals surface area contributed by atoms with Gasteiger partial charge in [0.1, 0.15) is 5.01 Å². The van der Waals surface area contributed by atoms with Gasteiger partial charge in [0.2, 0.25) is 5.91 Å². The fourth-order valence-electron chi connectivity index (χ4n) is 3.09. The first-order valence-corrected chi connectivity index (χ1v) is 7.97. The molecule has 2 fully saturated rings. The Morgan fingerprint density at radius 3 is 2.57 bits per heavy atom. The summed E-state index contributed by atoms with van der Waals surface area (Å²) in [6, 6.07) is 0.204. The molecule has 1 aromatic rings. The lowest BCUT2D eigenvalue weighted by molar-refractivity contribution is -0.128. The zero-order valence-electron chi connectivity index (χ0n) is 12.1. The van der Waals surface area contributed by atoms with Crippen LogP contribution in [0, 0.1) is 12.8 Å². The van der Waals surface area contributed by atoms with Crippen molar-refractivity contribution in [2.75, 3.05) is 0 Å². The highest BCUT2D eigenvalue weighted by molar-refractivity contribution is 7.09. The summed E-state index contributed by atoms with van der Waals surface area (Å²) in [6.45, 7) is 2.00. The normalized spacial score (nSPS) is 26.2. The zero-order chi connectivity index (χ0) is 13.5. The molecular formula is C14H23Cl2N3OS. The highest BCUT2D eigenvalue weighted by Gasteiger charge is 2.44. The Hall–Kier alpha value is -0.360. The van der Waals surface area contributed by atoms with E-state index in [-0.39, 0.29) is 48.2 Å². The monoisotopic (exact) mass is 351 g/mol. The minimum atomic E-state index is -0.178. The number of amides is 1. The van der Waals surface area contributed by atoms with Crippen LogP contribution in [-0.2, 0) is 10.3 Å². The molecule has 0 aromatic carbocycles. The summed E-state index contributed by atoms with van der Waals surface area (Å²) in [5.41, 5.74) is 6.76. The summed E-state index contributed by atoms with van der Waals surface area (Å²) in [6.07, 6.45) is 5.94. The van der Waals surface area contributed by atoms with Gasteiger partial charge in [-0.2, -0.15) is 0 Å². The maximum absolute atomic E-state index is 12.4. The van der Waals surface area contributed by atoms with Gasteiger partial charge in [0.15, 0.2) is 0 Å². The van der Waals surface area contributed by atoms with Crippen molar-refractivity contribution in [3.63, 3.8) is 0 Å². The third-order valence-electron chi connectivity index (χ3n) is 4.44. The largest absolute Gasteiger partial charge is 0.344 e. The topological polar surface area (TPSA) is 68.0 Å². The van der Waals surface area contributed by atoms with Crippen LogP contribution in [0.15, 0.2) is 5.38 Å². The van der Waals surface area contributed by atoms with E-state index in [2.05, 4.69) is 15.7 Å². The Bertz CT molecular complexity index is 490. The minimum absolute atomic E-state index is 0. The van der Waals surface area contributed by atoms with E-state index in [1.54, 1.807) is 11.3 Å². The summed E-state index contributed by atoms with van der Waals surface area (Å²) in [5.74, 6) is 0.286. The molecule has 0 saturated heterocycles. The van der Waals surface area contributed by atoms with E-state index in [9.17, 15) is 4.79 Å². The molecule has 4 nitrogen and oxygen atoms in total. The molecule has 0 radical (unpaired) electrons. The fourth-order valence-corrected chi connectivity index (χ4v) is 4.10. The molecule has 0 bridgehead atoms. The molecule has 3 N–H and O–H groups in total. The SMILES string of the molecule is Cc1csc(C2(NC(=O)C3CCC(N)C3)CCC2)n1.Cl.Cl. The van der Waals surface area contributed by atoms with E-state index < -0.39 is 0 Å². The minimum Gasteiger partial charge on any atom is -0.344 e. The van der Waals surface area contributed by atoms with Crippen LogP contribution in [-0.4, -0.2) is 16.9 Å². The smallest absolute Gasteiger partial charge is 0.223 e. The molecule has 2 aliphatic rings. The number of carbonyl (C=O) groups is 1. The van der Waals surface area contributed by atoms with Crippen LogP contribution in [0.1, 0.15) is 49.2 Å². The van der Waals surface area contributed by atoms with Gasteiger partial charge >= 0.3 is 0 Å². The van der Waals surface area contributed by atoms with Crippen molar-refractivity contribution in [2.45, 2.75) is 57.0 Å². The molecule has 2 unspecified atom stereocenters. The lowest BCUT2D eigenvalue weighted by atomic mass is 9.76. The molecule has 120 valence electrons. The van der Waals surface area contributed by atoms with Crippen LogP contribution in [0.25, 0.3) is 0 Å². The first-order chi connectivity index (χ1) is 9.09. The van der Waals surface area contributed by atoms with Gasteiger partial charge in [-0.25, -0.2) is 4.98 Å². The molecule has 0 spiro atoms. The number of aromatic nitrogens is 1. The summed E-state index contributed by atoms with van der Waals surface area (Å²) < 4.78 is 0. The highest BCUT2D eigenvalue weighted by atomic mass is 35.5. The van der Waals surface area contributed by atoms with Crippen molar-refractivity contribution in [2.24, 2.45) is 11.7 Å². The van der Waals surface area contributed by atoms with Crippen LogP contribution < -0.4 is 11.1 Å². The van der Waals surface area contributed by atoms with E-state index >= 15 is 0 Å². The number of hydrogen-bond donors (Lipinski definition) is 2. The molecule has 3 rings (SSSR count). The van der Waals surface area contributed by atoms with E-state index in [4.69, 9.17) is 5.73 Å². The molecule has 1 amide bonds. The average Bonchev–Trinajstić information content (AvgIpc) is 2.92. The third kappa shape index (κ3) is 3.70. The Morgan fingerprint density at radius 2 is 2.14 bits per heavy atom. The molecule has 2 atom stereocenters. The Kier molecular flexibility index (Phi) is 6.47. The van der Waals surface area contributed by atoms with E-state index in [1.807, 2.05) is 6.92 Å². The Morgan fingerprint density at radius 1 is 1.43 bits per heavy atom. The summed E-state index contributed by atoms with van der Waals surface area (Å²) >= 11 is 1.67. The van der Waals surface area contributed by atoms with E-state index in [1.165, 1.54) is 6.42 Å². The van der Waals surface area contributed by atoms with Crippen LogP contribution in [0.3, 0.4) is 0 Å². The predicted molar refractivity (Wildman–Crippen MR) is 90.3 cm³/mol. The first-order valence-electron chi connectivity index (χ1n) is 7.09. The summed E-state index contributed by atoms with van der Waals surface area (Å²) in [7, 11) is 0.